The molecule has 0 atom stereocenters. The van der Waals surface area contributed by atoms with Gasteiger partial charge in [0.1, 0.15) is 17.2 Å². The zero-order valence-electron chi connectivity index (χ0n) is 34.3. The SMILES string of the molecule is CCCc1c[c-]c(-n2cc(-c3ccccc3)cn2)cc1.Cn1c(-c2[c-]ccc3c2oc2cc(-c4nc(C(C)(C)C)nc(C(C)(C)C)n4)ccc23)nc2ccccc21.[Ir]. The van der Waals surface area contributed by atoms with Crippen LogP contribution in [0.25, 0.3) is 72.6 Å². The summed E-state index contributed by atoms with van der Waals surface area (Å²) in [5, 5.41) is 6.49. The maximum atomic E-state index is 6.49. The van der Waals surface area contributed by atoms with E-state index in [0.29, 0.717) is 5.82 Å². The molecule has 0 aliphatic rings. The van der Waals surface area contributed by atoms with Gasteiger partial charge in [-0.05, 0) is 29.4 Å². The molecule has 0 saturated carbocycles. The fourth-order valence-corrected chi connectivity index (χ4v) is 6.86. The summed E-state index contributed by atoms with van der Waals surface area (Å²) in [6, 6.07) is 41.6. The predicted molar refractivity (Wildman–Crippen MR) is 230 cm³/mol. The Hall–Kier alpha value is -5.76. The fourth-order valence-electron chi connectivity index (χ4n) is 6.86. The van der Waals surface area contributed by atoms with Gasteiger partial charge in [-0.25, -0.2) is 15.0 Å². The van der Waals surface area contributed by atoms with Gasteiger partial charge in [0.15, 0.2) is 5.82 Å². The predicted octanol–water partition coefficient (Wildman–Crippen LogP) is 11.7. The number of fused-ring (bicyclic) bond motifs is 4. The van der Waals surface area contributed by atoms with E-state index < -0.39 is 0 Å². The van der Waals surface area contributed by atoms with E-state index in [0.717, 1.165) is 85.7 Å². The van der Waals surface area contributed by atoms with Crippen LogP contribution >= 0.6 is 0 Å². The molecule has 0 unspecified atom stereocenters. The molecule has 0 fully saturated rings. The molecule has 0 saturated heterocycles. The summed E-state index contributed by atoms with van der Waals surface area (Å²) in [4.78, 5) is 19.4. The molecule has 9 aromatic rings. The van der Waals surface area contributed by atoms with Gasteiger partial charge in [0, 0.05) is 60.7 Å². The van der Waals surface area contributed by atoms with Gasteiger partial charge in [-0.15, -0.1) is 24.3 Å². The molecule has 8 nitrogen and oxygen atoms in total. The van der Waals surface area contributed by atoms with E-state index in [9.17, 15) is 0 Å². The average Bonchev–Trinajstić information content (AvgIpc) is 3.94. The van der Waals surface area contributed by atoms with Gasteiger partial charge < -0.3 is 8.98 Å². The van der Waals surface area contributed by atoms with Crippen molar-refractivity contribution in [3.05, 3.63) is 145 Å². The van der Waals surface area contributed by atoms with E-state index in [2.05, 4.69) is 119 Å². The smallest absolute Gasteiger partial charge is 0.163 e. The molecule has 0 spiro atoms. The topological polar surface area (TPSA) is 87.5 Å². The molecule has 58 heavy (non-hydrogen) atoms. The number of hydrogen-bond donors (Lipinski definition) is 0. The Morgan fingerprint density at radius 1 is 0.707 bits per heavy atom. The molecule has 0 amide bonds. The van der Waals surface area contributed by atoms with Crippen molar-refractivity contribution >= 4 is 33.0 Å². The van der Waals surface area contributed by atoms with E-state index in [4.69, 9.17) is 24.4 Å². The molecule has 0 aliphatic heterocycles. The molecule has 295 valence electrons. The van der Waals surface area contributed by atoms with Crippen LogP contribution in [0.1, 0.15) is 72.1 Å². The molecule has 4 heterocycles. The summed E-state index contributed by atoms with van der Waals surface area (Å²) in [5.74, 6) is 3.05. The number of nitrogens with zero attached hydrogens (tertiary/aromatic N) is 7. The third kappa shape index (κ3) is 8.15. The van der Waals surface area contributed by atoms with E-state index in [-0.39, 0.29) is 30.9 Å². The minimum absolute atomic E-state index is 0. The second-order valence-electron chi connectivity index (χ2n) is 16.6. The van der Waals surface area contributed by atoms with Crippen LogP contribution in [-0.2, 0) is 44.4 Å². The Balaban J connectivity index is 0.000000206. The third-order valence-electron chi connectivity index (χ3n) is 10.0. The van der Waals surface area contributed by atoms with E-state index in [1.807, 2.05) is 78.7 Å². The van der Waals surface area contributed by atoms with Crippen LogP contribution in [-0.4, -0.2) is 34.3 Å². The number of aryl methyl sites for hydroxylation is 2. The third-order valence-corrected chi connectivity index (χ3v) is 10.0. The van der Waals surface area contributed by atoms with Crippen LogP contribution < -0.4 is 0 Å². The van der Waals surface area contributed by atoms with Gasteiger partial charge >= 0.3 is 0 Å². The van der Waals surface area contributed by atoms with Crippen LogP contribution in [0.15, 0.2) is 120 Å². The molecule has 5 aromatic carbocycles. The van der Waals surface area contributed by atoms with Crippen molar-refractivity contribution in [2.24, 2.45) is 7.05 Å². The van der Waals surface area contributed by atoms with Crippen molar-refractivity contribution < 1.29 is 24.5 Å². The number of aromatic nitrogens is 7. The summed E-state index contributed by atoms with van der Waals surface area (Å²) in [7, 11) is 2.03. The van der Waals surface area contributed by atoms with Gasteiger partial charge in [-0.2, -0.15) is 28.9 Å². The largest absolute Gasteiger partial charge is 0.501 e. The first-order chi connectivity index (χ1) is 27.4. The van der Waals surface area contributed by atoms with E-state index in [1.165, 1.54) is 11.1 Å². The first-order valence-electron chi connectivity index (χ1n) is 19.5. The summed E-state index contributed by atoms with van der Waals surface area (Å²) in [6.07, 6.45) is 6.20. The molecule has 1 radical (unpaired) electrons. The first kappa shape index (κ1) is 40.4. The molecule has 9 heteroatoms. The van der Waals surface area contributed by atoms with Gasteiger partial charge in [0.25, 0.3) is 0 Å². The van der Waals surface area contributed by atoms with E-state index in [1.54, 1.807) is 0 Å². The standard InChI is InChI=1S/C31H30N5O.C18H17N2.Ir/c1-30(2,3)28-33-26(34-29(35-28)31(4,5)6)18-15-16-19-20-11-10-12-21(25(20)37-24(19)17-18)27-32-22-13-8-9-14-23(22)36(27)7;1-2-6-15-9-11-18(12-10-15)20-14-17(13-19-20)16-7-4-3-5-8-16;/h8-11,13-17H,1-7H3;3-5,7-11,13-14H,2,6H2,1H3;/q2*-1;. The van der Waals surface area contributed by atoms with Crippen molar-refractivity contribution in [3.63, 3.8) is 0 Å². The molecular weight excluding hydrogens is 895 g/mol. The Kier molecular flexibility index (Phi) is 11.3. The average molecular weight is 942 g/mol. The Morgan fingerprint density at radius 3 is 2.10 bits per heavy atom. The fraction of sp³-hybridized carbons (Fsp3) is 0.245. The summed E-state index contributed by atoms with van der Waals surface area (Å²) in [6.45, 7) is 14.9. The number of furan rings is 1. The number of para-hydroxylation sites is 2. The quantitative estimate of drug-likeness (QED) is 0.154. The minimum atomic E-state index is -0.197. The molecular formula is C49H47IrN7O-2. The minimum Gasteiger partial charge on any atom is -0.501 e. The molecule has 0 N–H and O–H groups in total. The maximum absolute atomic E-state index is 6.49. The summed E-state index contributed by atoms with van der Waals surface area (Å²) in [5.41, 5.74) is 9.53. The normalized spacial score (nSPS) is 11.8. The Labute approximate surface area is 353 Å². The zero-order chi connectivity index (χ0) is 39.9. The number of imidazole rings is 1. The van der Waals surface area contributed by atoms with Gasteiger partial charge in [-0.3, -0.25) is 9.67 Å². The molecule has 9 rings (SSSR count). The van der Waals surface area contributed by atoms with Gasteiger partial charge in [-0.1, -0.05) is 127 Å². The Bertz CT molecular complexity index is 2810. The van der Waals surface area contributed by atoms with Crippen molar-refractivity contribution in [1.29, 1.82) is 0 Å². The monoisotopic (exact) mass is 942 g/mol. The number of rotatable bonds is 6. The van der Waals surface area contributed by atoms with Crippen LogP contribution in [0.5, 0.6) is 0 Å². The maximum Gasteiger partial charge on any atom is 0.163 e. The number of benzene rings is 5. The zero-order valence-corrected chi connectivity index (χ0v) is 36.7. The Morgan fingerprint density at radius 2 is 1.43 bits per heavy atom. The van der Waals surface area contributed by atoms with Crippen LogP contribution in [0, 0.1) is 12.1 Å². The molecule has 4 aromatic heterocycles. The van der Waals surface area contributed by atoms with Crippen molar-refractivity contribution in [3.8, 4) is 39.6 Å². The van der Waals surface area contributed by atoms with Crippen LogP contribution in [0.4, 0.5) is 0 Å². The van der Waals surface area contributed by atoms with Gasteiger partial charge in [0.05, 0.1) is 28.6 Å². The van der Waals surface area contributed by atoms with Crippen molar-refractivity contribution in [2.45, 2.75) is 72.1 Å². The summed E-state index contributed by atoms with van der Waals surface area (Å²) >= 11 is 0. The van der Waals surface area contributed by atoms with Gasteiger partial charge in [0.2, 0.25) is 0 Å². The van der Waals surface area contributed by atoms with Crippen molar-refractivity contribution in [1.82, 2.24) is 34.3 Å². The van der Waals surface area contributed by atoms with Crippen molar-refractivity contribution in [2.75, 3.05) is 0 Å². The molecule has 0 aliphatic carbocycles. The van der Waals surface area contributed by atoms with Crippen LogP contribution in [0.2, 0.25) is 0 Å². The first-order valence-corrected chi connectivity index (χ1v) is 19.5. The number of hydrogen-bond acceptors (Lipinski definition) is 6. The second kappa shape index (κ2) is 16.2. The van der Waals surface area contributed by atoms with E-state index >= 15 is 0 Å². The summed E-state index contributed by atoms with van der Waals surface area (Å²) < 4.78 is 10.5. The molecule has 0 bridgehead atoms. The second-order valence-corrected chi connectivity index (χ2v) is 16.6. The van der Waals surface area contributed by atoms with Crippen LogP contribution in [0.3, 0.4) is 0 Å².